The lowest BCUT2D eigenvalue weighted by Gasteiger charge is -2.22. The van der Waals surface area contributed by atoms with Gasteiger partial charge in [0.2, 0.25) is 0 Å². The van der Waals surface area contributed by atoms with Crippen LogP contribution >= 0.6 is 23.2 Å². The van der Waals surface area contributed by atoms with Gasteiger partial charge in [-0.2, -0.15) is 0 Å². The average Bonchev–Trinajstić information content (AvgIpc) is 3.23. The molecule has 1 aromatic carbocycles. The summed E-state index contributed by atoms with van der Waals surface area (Å²) < 4.78 is 23.3. The first-order valence-corrected chi connectivity index (χ1v) is 10.6. The molecule has 0 saturated heterocycles. The van der Waals surface area contributed by atoms with E-state index >= 15 is 0 Å². The van der Waals surface area contributed by atoms with Crippen LogP contribution in [-0.2, 0) is 15.9 Å². The average molecular weight is 440 g/mol. The van der Waals surface area contributed by atoms with Crippen LogP contribution in [0.3, 0.4) is 0 Å². The molecule has 0 bridgehead atoms. The maximum atomic E-state index is 6.28. The van der Waals surface area contributed by atoms with Crippen LogP contribution in [0.5, 0.6) is 11.5 Å². The predicted molar refractivity (Wildman–Crippen MR) is 114 cm³/mol. The van der Waals surface area contributed by atoms with E-state index in [1.54, 1.807) is 26.6 Å². The Kier molecular flexibility index (Phi) is 8.42. The second-order valence-corrected chi connectivity index (χ2v) is 7.87. The molecule has 1 aromatic heterocycles. The normalized spacial score (nSPS) is 15.4. The predicted octanol–water partition coefficient (Wildman–Crippen LogP) is 5.67. The van der Waals surface area contributed by atoms with Crippen molar-refractivity contribution in [2.24, 2.45) is 0 Å². The minimum Gasteiger partial charge on any atom is -0.497 e. The first-order chi connectivity index (χ1) is 14.1. The molecule has 0 N–H and O–H groups in total. The highest BCUT2D eigenvalue weighted by molar-refractivity contribution is 6.35. The number of methoxy groups -OCH3 is 2. The Morgan fingerprint density at radius 1 is 1.10 bits per heavy atom. The van der Waals surface area contributed by atoms with Gasteiger partial charge in [-0.15, -0.1) is 0 Å². The molecule has 0 aliphatic heterocycles. The Labute approximate surface area is 182 Å². The highest BCUT2D eigenvalue weighted by atomic mass is 35.5. The van der Waals surface area contributed by atoms with Crippen molar-refractivity contribution < 1.29 is 18.9 Å². The van der Waals surface area contributed by atoms with Crippen LogP contribution in [0.1, 0.15) is 42.9 Å². The van der Waals surface area contributed by atoms with Gasteiger partial charge in [-0.05, 0) is 49.8 Å². The van der Waals surface area contributed by atoms with Crippen molar-refractivity contribution in [2.45, 2.75) is 44.3 Å². The molecule has 1 saturated carbocycles. The van der Waals surface area contributed by atoms with E-state index in [-0.39, 0.29) is 12.2 Å². The summed E-state index contributed by atoms with van der Waals surface area (Å²) in [4.78, 5) is 3.97. The van der Waals surface area contributed by atoms with Gasteiger partial charge in [-0.25, -0.2) is 0 Å². The van der Waals surface area contributed by atoms with Gasteiger partial charge in [-0.3, -0.25) is 4.98 Å². The molecule has 5 nitrogen and oxygen atoms in total. The van der Waals surface area contributed by atoms with Crippen LogP contribution in [0.15, 0.2) is 30.6 Å². The van der Waals surface area contributed by atoms with E-state index in [0.717, 1.165) is 35.5 Å². The van der Waals surface area contributed by atoms with Crippen LogP contribution in [0.4, 0.5) is 0 Å². The lowest BCUT2D eigenvalue weighted by atomic mass is 10.1. The number of nitrogens with zero attached hydrogens (tertiary/aromatic N) is 1. The smallest absolute Gasteiger partial charge is 0.129 e. The molecule has 1 atom stereocenters. The van der Waals surface area contributed by atoms with Gasteiger partial charge in [0, 0.05) is 31.1 Å². The van der Waals surface area contributed by atoms with E-state index in [0.29, 0.717) is 29.7 Å². The van der Waals surface area contributed by atoms with Gasteiger partial charge >= 0.3 is 0 Å². The summed E-state index contributed by atoms with van der Waals surface area (Å²) >= 11 is 12.3. The van der Waals surface area contributed by atoms with Crippen molar-refractivity contribution in [3.05, 3.63) is 51.8 Å². The van der Waals surface area contributed by atoms with Crippen LogP contribution in [-0.4, -0.2) is 38.5 Å². The van der Waals surface area contributed by atoms with E-state index in [1.165, 1.54) is 12.8 Å². The number of hydrogen-bond donors (Lipinski definition) is 0. The summed E-state index contributed by atoms with van der Waals surface area (Å²) in [7, 11) is 3.33. The zero-order valence-corrected chi connectivity index (χ0v) is 18.3. The summed E-state index contributed by atoms with van der Waals surface area (Å²) in [5.41, 5.74) is 1.80. The molecule has 0 amide bonds. The Hall–Kier alpha value is -1.53. The fraction of sp³-hybridized carbons (Fsp3) is 0.500. The van der Waals surface area contributed by atoms with Crippen molar-refractivity contribution in [3.8, 4) is 11.5 Å². The zero-order valence-electron chi connectivity index (χ0n) is 16.8. The van der Waals surface area contributed by atoms with Crippen molar-refractivity contribution in [3.63, 3.8) is 0 Å². The minimum absolute atomic E-state index is 0.246. The molecule has 7 heteroatoms. The number of rotatable bonds is 10. The fourth-order valence-corrected chi connectivity index (χ4v) is 4.08. The topological polar surface area (TPSA) is 49.8 Å². The number of halogens is 2. The first kappa shape index (κ1) is 22.2. The van der Waals surface area contributed by atoms with Crippen LogP contribution in [0.2, 0.25) is 10.0 Å². The molecule has 1 aliphatic rings. The molecule has 1 unspecified atom stereocenters. The molecular weight excluding hydrogens is 413 g/mol. The third-order valence-corrected chi connectivity index (χ3v) is 5.82. The molecule has 158 valence electrons. The standard InChI is InChI=1S/C22H27Cl2NO4/c1-26-16-7-8-18(21(11-16)29-15-5-3-4-6-15)22(27-2)14-28-10-9-17-19(23)12-25-13-20(17)24/h7-8,11-13,15,22H,3-6,9-10,14H2,1-2H3. The number of pyridine rings is 1. The third-order valence-electron chi connectivity index (χ3n) is 5.17. The van der Waals surface area contributed by atoms with E-state index in [4.69, 9.17) is 42.1 Å². The van der Waals surface area contributed by atoms with Crippen LogP contribution in [0.25, 0.3) is 0 Å². The van der Waals surface area contributed by atoms with Gasteiger partial charge in [0.15, 0.2) is 0 Å². The van der Waals surface area contributed by atoms with E-state index in [1.807, 2.05) is 18.2 Å². The summed E-state index contributed by atoms with van der Waals surface area (Å²) in [5.74, 6) is 1.56. The summed E-state index contributed by atoms with van der Waals surface area (Å²) in [6.45, 7) is 0.864. The second kappa shape index (κ2) is 11.0. The molecule has 0 radical (unpaired) electrons. The number of aromatic nitrogens is 1. The molecule has 1 aliphatic carbocycles. The summed E-state index contributed by atoms with van der Waals surface area (Å²) in [6.07, 6.45) is 8.36. The van der Waals surface area contributed by atoms with Gasteiger partial charge in [0.05, 0.1) is 36.5 Å². The van der Waals surface area contributed by atoms with E-state index in [9.17, 15) is 0 Å². The van der Waals surface area contributed by atoms with E-state index in [2.05, 4.69) is 4.98 Å². The summed E-state index contributed by atoms with van der Waals surface area (Å²) in [5, 5.41) is 1.10. The van der Waals surface area contributed by atoms with Crippen LogP contribution in [0, 0.1) is 0 Å². The lowest BCUT2D eigenvalue weighted by molar-refractivity contribution is 0.00626. The van der Waals surface area contributed by atoms with Gasteiger partial charge in [-0.1, -0.05) is 23.2 Å². The Bertz CT molecular complexity index is 776. The number of ether oxygens (including phenoxy) is 4. The molecule has 0 spiro atoms. The van der Waals surface area contributed by atoms with Crippen molar-refractivity contribution in [2.75, 3.05) is 27.4 Å². The van der Waals surface area contributed by atoms with Crippen molar-refractivity contribution in [1.29, 1.82) is 0 Å². The molecule has 2 aromatic rings. The van der Waals surface area contributed by atoms with E-state index < -0.39 is 0 Å². The Morgan fingerprint density at radius 3 is 2.48 bits per heavy atom. The monoisotopic (exact) mass is 439 g/mol. The highest BCUT2D eigenvalue weighted by Crippen LogP contribution is 2.34. The van der Waals surface area contributed by atoms with Gasteiger partial charge in [0.1, 0.15) is 17.6 Å². The number of benzene rings is 1. The molecular formula is C22H27Cl2NO4. The fourth-order valence-electron chi connectivity index (χ4n) is 3.52. The van der Waals surface area contributed by atoms with Crippen molar-refractivity contribution >= 4 is 23.2 Å². The zero-order chi connectivity index (χ0) is 20.6. The minimum atomic E-state index is -0.249. The summed E-state index contributed by atoms with van der Waals surface area (Å²) in [6, 6.07) is 5.83. The number of hydrogen-bond acceptors (Lipinski definition) is 5. The quantitative estimate of drug-likeness (QED) is 0.446. The largest absolute Gasteiger partial charge is 0.497 e. The molecule has 1 heterocycles. The highest BCUT2D eigenvalue weighted by Gasteiger charge is 2.22. The molecule has 3 rings (SSSR count). The first-order valence-electron chi connectivity index (χ1n) is 9.85. The van der Waals surface area contributed by atoms with Crippen molar-refractivity contribution in [1.82, 2.24) is 4.98 Å². The van der Waals surface area contributed by atoms with Gasteiger partial charge in [0.25, 0.3) is 0 Å². The molecule has 1 fully saturated rings. The third kappa shape index (κ3) is 5.98. The maximum absolute atomic E-state index is 6.28. The Balaban J connectivity index is 1.64. The second-order valence-electron chi connectivity index (χ2n) is 7.06. The maximum Gasteiger partial charge on any atom is 0.129 e. The molecule has 29 heavy (non-hydrogen) atoms. The lowest BCUT2D eigenvalue weighted by Crippen LogP contribution is -2.16. The SMILES string of the molecule is COc1ccc(C(COCCc2c(Cl)cncc2Cl)OC)c(OC2CCCC2)c1. The van der Waals surface area contributed by atoms with Crippen LogP contribution < -0.4 is 9.47 Å². The van der Waals surface area contributed by atoms with Gasteiger partial charge < -0.3 is 18.9 Å². The Morgan fingerprint density at radius 2 is 1.83 bits per heavy atom.